The minimum Gasteiger partial charge on any atom is -0.439 e. The van der Waals surface area contributed by atoms with Crippen LogP contribution in [0.15, 0.2) is 28.7 Å². The van der Waals surface area contributed by atoms with E-state index in [1.165, 1.54) is 0 Å². The average molecular weight is 215 g/mol. The van der Waals surface area contributed by atoms with Crippen molar-refractivity contribution in [3.8, 4) is 11.5 Å². The molecule has 82 valence electrons. The van der Waals surface area contributed by atoms with E-state index in [2.05, 4.69) is 10.3 Å². The van der Waals surface area contributed by atoms with Gasteiger partial charge in [-0.15, -0.1) is 0 Å². The molecular formula is C12H13N3O. The van der Waals surface area contributed by atoms with Crippen LogP contribution in [0.4, 0.5) is 0 Å². The second-order valence-corrected chi connectivity index (χ2v) is 3.89. The van der Waals surface area contributed by atoms with Gasteiger partial charge >= 0.3 is 0 Å². The fourth-order valence-electron chi connectivity index (χ4n) is 1.86. The van der Waals surface area contributed by atoms with E-state index in [0.717, 1.165) is 35.7 Å². The molecular weight excluding hydrogens is 202 g/mol. The van der Waals surface area contributed by atoms with Crippen molar-refractivity contribution in [3.63, 3.8) is 0 Å². The van der Waals surface area contributed by atoms with Crippen LogP contribution in [0.2, 0.25) is 0 Å². The number of rotatable bonds is 2. The molecule has 1 aromatic carbocycles. The van der Waals surface area contributed by atoms with Gasteiger partial charge in [-0.25, -0.2) is 4.98 Å². The lowest BCUT2D eigenvalue weighted by molar-refractivity contribution is 0.511. The second-order valence-electron chi connectivity index (χ2n) is 3.89. The van der Waals surface area contributed by atoms with E-state index in [9.17, 15) is 0 Å². The van der Waals surface area contributed by atoms with Gasteiger partial charge in [0.2, 0.25) is 5.89 Å². The van der Waals surface area contributed by atoms with E-state index >= 15 is 0 Å². The average Bonchev–Trinajstić information content (AvgIpc) is 2.89. The third kappa shape index (κ3) is 1.52. The van der Waals surface area contributed by atoms with Gasteiger partial charge < -0.3 is 15.5 Å². The Morgan fingerprint density at radius 2 is 2.06 bits per heavy atom. The van der Waals surface area contributed by atoms with Crippen molar-refractivity contribution in [2.45, 2.75) is 19.6 Å². The molecule has 0 bridgehead atoms. The minimum atomic E-state index is 0.562. The third-order valence-corrected chi connectivity index (χ3v) is 2.79. The second kappa shape index (κ2) is 3.73. The molecule has 3 N–H and O–H groups in total. The summed E-state index contributed by atoms with van der Waals surface area (Å²) in [6.45, 7) is 2.15. The maximum atomic E-state index is 5.68. The number of nitrogens with one attached hydrogen (secondary N) is 1. The highest BCUT2D eigenvalue weighted by Gasteiger charge is 2.18. The Balaban J connectivity index is 1.95. The molecule has 3 rings (SSSR count). The number of nitrogens with two attached hydrogens (primary N) is 1. The van der Waals surface area contributed by atoms with Gasteiger partial charge in [0.05, 0.1) is 12.2 Å². The van der Waals surface area contributed by atoms with Crippen LogP contribution in [0.5, 0.6) is 0 Å². The number of oxazole rings is 1. The first-order valence-electron chi connectivity index (χ1n) is 5.35. The largest absolute Gasteiger partial charge is 0.439 e. The molecule has 0 radical (unpaired) electrons. The van der Waals surface area contributed by atoms with Crippen LogP contribution < -0.4 is 11.1 Å². The first kappa shape index (κ1) is 9.57. The molecule has 1 aromatic heterocycles. The summed E-state index contributed by atoms with van der Waals surface area (Å²) in [5, 5.41) is 3.19. The quantitative estimate of drug-likeness (QED) is 0.794. The fraction of sp³-hybridized carbons (Fsp3) is 0.250. The fourth-order valence-corrected chi connectivity index (χ4v) is 1.86. The monoisotopic (exact) mass is 215 g/mol. The van der Waals surface area contributed by atoms with E-state index < -0.39 is 0 Å². The van der Waals surface area contributed by atoms with Crippen LogP contribution >= 0.6 is 0 Å². The molecule has 4 heteroatoms. The standard InChI is InChI=1S/C12H13N3O/c13-5-8-1-3-9(4-2-8)12-15-10-6-14-7-11(10)16-12/h1-4,14H,5-7,13H2. The van der Waals surface area contributed by atoms with Crippen LogP contribution in [0, 0.1) is 0 Å². The van der Waals surface area contributed by atoms with Crippen molar-refractivity contribution in [1.29, 1.82) is 0 Å². The highest BCUT2D eigenvalue weighted by Crippen LogP contribution is 2.24. The van der Waals surface area contributed by atoms with E-state index in [0.29, 0.717) is 12.4 Å². The molecule has 2 aromatic rings. The van der Waals surface area contributed by atoms with E-state index in [1.54, 1.807) is 0 Å². The minimum absolute atomic E-state index is 0.562. The smallest absolute Gasteiger partial charge is 0.226 e. The van der Waals surface area contributed by atoms with E-state index in [4.69, 9.17) is 10.2 Å². The first-order chi connectivity index (χ1) is 7.86. The molecule has 0 aliphatic carbocycles. The van der Waals surface area contributed by atoms with Gasteiger partial charge in [-0.1, -0.05) is 12.1 Å². The SMILES string of the molecule is NCc1ccc(-c2nc3c(o2)CNC3)cc1. The van der Waals surface area contributed by atoms with Gasteiger partial charge in [0, 0.05) is 18.7 Å². The number of nitrogens with zero attached hydrogens (tertiary/aromatic N) is 1. The summed E-state index contributed by atoms with van der Waals surface area (Å²) in [6, 6.07) is 8.00. The molecule has 0 fully saturated rings. The number of hydrogen-bond donors (Lipinski definition) is 2. The van der Waals surface area contributed by atoms with E-state index in [1.807, 2.05) is 24.3 Å². The number of benzene rings is 1. The Bertz CT molecular complexity index is 480. The van der Waals surface area contributed by atoms with Gasteiger partial charge in [0.1, 0.15) is 5.76 Å². The van der Waals surface area contributed by atoms with Crippen LogP contribution in [0.3, 0.4) is 0 Å². The van der Waals surface area contributed by atoms with Crippen LogP contribution in [-0.4, -0.2) is 4.98 Å². The lowest BCUT2D eigenvalue weighted by atomic mass is 10.1. The maximum absolute atomic E-state index is 5.68. The summed E-state index contributed by atoms with van der Waals surface area (Å²) in [7, 11) is 0. The molecule has 2 heterocycles. The molecule has 16 heavy (non-hydrogen) atoms. The molecule has 0 saturated carbocycles. The Kier molecular flexibility index (Phi) is 2.23. The van der Waals surface area contributed by atoms with Gasteiger partial charge in [0.15, 0.2) is 0 Å². The van der Waals surface area contributed by atoms with Crippen molar-refractivity contribution in [1.82, 2.24) is 10.3 Å². The predicted molar refractivity (Wildman–Crippen MR) is 60.4 cm³/mol. The van der Waals surface area contributed by atoms with Crippen molar-refractivity contribution in [2.24, 2.45) is 5.73 Å². The lowest BCUT2D eigenvalue weighted by Crippen LogP contribution is -2.01. The van der Waals surface area contributed by atoms with Crippen LogP contribution in [0.25, 0.3) is 11.5 Å². The Labute approximate surface area is 93.5 Å². The van der Waals surface area contributed by atoms with Crippen molar-refractivity contribution in [3.05, 3.63) is 41.3 Å². The highest BCUT2D eigenvalue weighted by atomic mass is 16.4. The molecule has 0 spiro atoms. The molecule has 4 nitrogen and oxygen atoms in total. The van der Waals surface area contributed by atoms with Crippen LogP contribution in [-0.2, 0) is 19.6 Å². The molecule has 0 unspecified atom stereocenters. The zero-order chi connectivity index (χ0) is 11.0. The number of hydrogen-bond acceptors (Lipinski definition) is 4. The maximum Gasteiger partial charge on any atom is 0.226 e. The molecule has 0 atom stereocenters. The summed E-state index contributed by atoms with van der Waals surface area (Å²) < 4.78 is 5.68. The summed E-state index contributed by atoms with van der Waals surface area (Å²) in [5.74, 6) is 1.66. The normalized spacial score (nSPS) is 14.1. The zero-order valence-corrected chi connectivity index (χ0v) is 8.86. The van der Waals surface area contributed by atoms with Gasteiger partial charge in [-0.3, -0.25) is 0 Å². The lowest BCUT2D eigenvalue weighted by Gasteiger charge is -1.98. The number of fused-ring (bicyclic) bond motifs is 1. The third-order valence-electron chi connectivity index (χ3n) is 2.79. The number of aromatic nitrogens is 1. The Morgan fingerprint density at radius 1 is 1.25 bits per heavy atom. The van der Waals surface area contributed by atoms with Gasteiger partial charge in [-0.2, -0.15) is 0 Å². The zero-order valence-electron chi connectivity index (χ0n) is 8.86. The summed E-state index contributed by atoms with van der Waals surface area (Å²) >= 11 is 0. The summed E-state index contributed by atoms with van der Waals surface area (Å²) in [4.78, 5) is 4.46. The van der Waals surface area contributed by atoms with E-state index in [-0.39, 0.29) is 0 Å². The highest BCUT2D eigenvalue weighted by molar-refractivity contribution is 5.54. The van der Waals surface area contributed by atoms with Crippen molar-refractivity contribution in [2.75, 3.05) is 0 Å². The molecule has 0 saturated heterocycles. The molecule has 0 amide bonds. The van der Waals surface area contributed by atoms with Crippen molar-refractivity contribution < 1.29 is 4.42 Å². The van der Waals surface area contributed by atoms with Gasteiger partial charge in [-0.05, 0) is 17.7 Å². The van der Waals surface area contributed by atoms with Crippen molar-refractivity contribution >= 4 is 0 Å². The molecule has 1 aliphatic rings. The predicted octanol–water partition coefficient (Wildman–Crippen LogP) is 1.40. The Hall–Kier alpha value is -1.65. The Morgan fingerprint density at radius 3 is 2.75 bits per heavy atom. The van der Waals surface area contributed by atoms with Crippen LogP contribution in [0.1, 0.15) is 17.0 Å². The summed E-state index contributed by atoms with van der Waals surface area (Å²) in [5.41, 5.74) is 8.70. The van der Waals surface area contributed by atoms with Gasteiger partial charge in [0.25, 0.3) is 0 Å². The molecule has 1 aliphatic heterocycles. The topological polar surface area (TPSA) is 64.1 Å². The summed E-state index contributed by atoms with van der Waals surface area (Å²) in [6.07, 6.45) is 0. The first-order valence-corrected chi connectivity index (χ1v) is 5.35.